The first-order chi connectivity index (χ1) is 14.1. The van der Waals surface area contributed by atoms with Gasteiger partial charge in [0.25, 0.3) is 0 Å². The minimum Gasteiger partial charge on any atom is -0.453 e. The van der Waals surface area contributed by atoms with Crippen molar-refractivity contribution in [2.45, 2.75) is 57.5 Å². The van der Waals surface area contributed by atoms with Gasteiger partial charge in [0.05, 0.1) is 7.11 Å². The number of ether oxygens (including phenoxy) is 1. The van der Waals surface area contributed by atoms with Gasteiger partial charge in [0, 0.05) is 44.5 Å². The number of fused-ring (bicyclic) bond motifs is 1. The molecule has 8 heteroatoms. The second kappa shape index (κ2) is 8.57. The third kappa shape index (κ3) is 4.17. The lowest BCUT2D eigenvalue weighted by atomic mass is 9.89. The fourth-order valence-electron chi connectivity index (χ4n) is 4.73. The minimum atomic E-state index is -0.208. The van der Waals surface area contributed by atoms with E-state index in [-0.39, 0.29) is 6.09 Å². The number of methoxy groups -OCH3 is 1. The second-order valence-electron chi connectivity index (χ2n) is 8.47. The molecule has 1 aliphatic carbocycles. The molecule has 0 aromatic carbocycles. The lowest BCUT2D eigenvalue weighted by molar-refractivity contribution is 0.0642. The number of hydrogen-bond acceptors (Lipinski definition) is 6. The monoisotopic (exact) mass is 400 g/mol. The van der Waals surface area contributed by atoms with Crippen LogP contribution in [-0.2, 0) is 4.74 Å². The van der Waals surface area contributed by atoms with Crippen LogP contribution in [0.1, 0.15) is 51.0 Å². The highest BCUT2D eigenvalue weighted by Gasteiger charge is 2.30. The summed E-state index contributed by atoms with van der Waals surface area (Å²) in [5.74, 6) is 1.38. The van der Waals surface area contributed by atoms with Gasteiger partial charge < -0.3 is 15.0 Å². The first-order valence-electron chi connectivity index (χ1n) is 10.7. The van der Waals surface area contributed by atoms with Crippen molar-refractivity contribution in [1.82, 2.24) is 24.4 Å². The number of carbonyl (C=O) groups is 1. The molecule has 0 radical (unpaired) electrons. The predicted octanol–water partition coefficient (Wildman–Crippen LogP) is 2.96. The molecule has 4 rings (SSSR count). The van der Waals surface area contributed by atoms with Crippen molar-refractivity contribution in [3.8, 4) is 0 Å². The van der Waals surface area contributed by atoms with E-state index in [4.69, 9.17) is 4.74 Å². The summed E-state index contributed by atoms with van der Waals surface area (Å²) in [5.41, 5.74) is 2.38. The Morgan fingerprint density at radius 3 is 2.55 bits per heavy atom. The van der Waals surface area contributed by atoms with Gasteiger partial charge >= 0.3 is 6.09 Å². The SMILES string of the molecule is COC(=O)N1CCN(C2CCC(Nc3ncnn4ccc(C(C)C)c34)CC2)CC1. The van der Waals surface area contributed by atoms with Gasteiger partial charge in [0.15, 0.2) is 5.82 Å². The zero-order valence-electron chi connectivity index (χ0n) is 17.7. The molecule has 2 aromatic rings. The van der Waals surface area contributed by atoms with Crippen molar-refractivity contribution in [3.63, 3.8) is 0 Å². The number of aromatic nitrogens is 3. The Labute approximate surface area is 172 Å². The molecule has 0 unspecified atom stereocenters. The van der Waals surface area contributed by atoms with Crippen LogP contribution in [0.2, 0.25) is 0 Å². The van der Waals surface area contributed by atoms with Crippen LogP contribution in [0, 0.1) is 0 Å². The standard InChI is InChI=1S/C21H32N6O2/c1-15(2)18-8-9-27-19(18)20(22-14-23-27)24-16-4-6-17(7-5-16)25-10-12-26(13-11-25)21(28)29-3/h8-9,14-17H,4-7,10-13H2,1-3H3,(H,22,23,24). The van der Waals surface area contributed by atoms with Gasteiger partial charge in [-0.25, -0.2) is 14.3 Å². The average molecular weight is 401 g/mol. The quantitative estimate of drug-likeness (QED) is 0.851. The molecule has 158 valence electrons. The smallest absolute Gasteiger partial charge is 0.409 e. The summed E-state index contributed by atoms with van der Waals surface area (Å²) in [6.07, 6.45) is 8.06. The number of hydrogen-bond donors (Lipinski definition) is 1. The molecule has 1 saturated carbocycles. The molecule has 8 nitrogen and oxygen atoms in total. The number of rotatable bonds is 4. The molecule has 0 spiro atoms. The maximum atomic E-state index is 11.7. The minimum absolute atomic E-state index is 0.208. The van der Waals surface area contributed by atoms with Gasteiger partial charge in [-0.05, 0) is 43.2 Å². The van der Waals surface area contributed by atoms with Crippen molar-refractivity contribution < 1.29 is 9.53 Å². The Kier molecular flexibility index (Phi) is 5.89. The number of carbonyl (C=O) groups excluding carboxylic acids is 1. The molecule has 0 atom stereocenters. The van der Waals surface area contributed by atoms with Gasteiger partial charge in [-0.1, -0.05) is 13.8 Å². The van der Waals surface area contributed by atoms with Crippen LogP contribution < -0.4 is 5.32 Å². The van der Waals surface area contributed by atoms with Crippen LogP contribution in [0.5, 0.6) is 0 Å². The molecule has 2 aromatic heterocycles. The Morgan fingerprint density at radius 1 is 1.17 bits per heavy atom. The van der Waals surface area contributed by atoms with Crippen LogP contribution in [0.15, 0.2) is 18.6 Å². The summed E-state index contributed by atoms with van der Waals surface area (Å²) in [6, 6.07) is 3.19. The van der Waals surface area contributed by atoms with Gasteiger partial charge in [-0.2, -0.15) is 5.10 Å². The van der Waals surface area contributed by atoms with Gasteiger partial charge in [0.1, 0.15) is 11.8 Å². The number of amides is 1. The zero-order valence-corrected chi connectivity index (χ0v) is 17.7. The van der Waals surface area contributed by atoms with Crippen LogP contribution in [0.3, 0.4) is 0 Å². The van der Waals surface area contributed by atoms with E-state index in [1.165, 1.54) is 25.5 Å². The summed E-state index contributed by atoms with van der Waals surface area (Å²) >= 11 is 0. The van der Waals surface area contributed by atoms with Crippen LogP contribution in [0.4, 0.5) is 10.6 Å². The van der Waals surface area contributed by atoms with Crippen LogP contribution in [-0.4, -0.2) is 75.9 Å². The van der Waals surface area contributed by atoms with Crippen molar-refractivity contribution >= 4 is 17.4 Å². The van der Waals surface area contributed by atoms with Crippen molar-refractivity contribution in [1.29, 1.82) is 0 Å². The Bertz CT molecular complexity index is 835. The fraction of sp³-hybridized carbons (Fsp3) is 0.667. The fourth-order valence-corrected chi connectivity index (χ4v) is 4.73. The van der Waals surface area contributed by atoms with E-state index in [2.05, 4.69) is 40.2 Å². The van der Waals surface area contributed by atoms with E-state index in [1.54, 1.807) is 11.2 Å². The molecule has 29 heavy (non-hydrogen) atoms. The maximum Gasteiger partial charge on any atom is 0.409 e. The summed E-state index contributed by atoms with van der Waals surface area (Å²) < 4.78 is 6.76. The van der Waals surface area contributed by atoms with Crippen molar-refractivity contribution in [2.24, 2.45) is 0 Å². The first kappa shape index (κ1) is 19.9. The van der Waals surface area contributed by atoms with E-state index in [0.29, 0.717) is 18.0 Å². The number of piperazine rings is 1. The van der Waals surface area contributed by atoms with E-state index in [1.807, 2.05) is 10.7 Å². The average Bonchev–Trinajstić information content (AvgIpc) is 3.19. The van der Waals surface area contributed by atoms with Crippen molar-refractivity contribution in [2.75, 3.05) is 38.6 Å². The summed E-state index contributed by atoms with van der Waals surface area (Å²) in [7, 11) is 1.45. The number of nitrogens with one attached hydrogen (secondary N) is 1. The highest BCUT2D eigenvalue weighted by atomic mass is 16.5. The molecule has 0 bridgehead atoms. The number of anilines is 1. The number of nitrogens with zero attached hydrogens (tertiary/aromatic N) is 5. The lowest BCUT2D eigenvalue weighted by Crippen LogP contribution is -2.53. The third-order valence-corrected chi connectivity index (χ3v) is 6.41. The van der Waals surface area contributed by atoms with Crippen molar-refractivity contribution in [3.05, 3.63) is 24.2 Å². The molecular formula is C21H32N6O2. The van der Waals surface area contributed by atoms with E-state index >= 15 is 0 Å². The van der Waals surface area contributed by atoms with E-state index < -0.39 is 0 Å². The molecule has 1 saturated heterocycles. The summed E-state index contributed by atoms with van der Waals surface area (Å²) in [4.78, 5) is 20.6. The summed E-state index contributed by atoms with van der Waals surface area (Å²) in [5, 5.41) is 8.06. The molecule has 3 heterocycles. The second-order valence-corrected chi connectivity index (χ2v) is 8.47. The first-order valence-corrected chi connectivity index (χ1v) is 10.7. The van der Waals surface area contributed by atoms with Gasteiger partial charge in [-0.3, -0.25) is 4.90 Å². The Morgan fingerprint density at radius 2 is 1.90 bits per heavy atom. The van der Waals surface area contributed by atoms with E-state index in [0.717, 1.165) is 50.4 Å². The predicted molar refractivity (Wildman–Crippen MR) is 112 cm³/mol. The molecule has 2 fully saturated rings. The molecule has 1 amide bonds. The maximum absolute atomic E-state index is 11.7. The topological polar surface area (TPSA) is 75.0 Å². The zero-order chi connectivity index (χ0) is 20.4. The highest BCUT2D eigenvalue weighted by Crippen LogP contribution is 2.30. The third-order valence-electron chi connectivity index (χ3n) is 6.41. The normalized spacial score (nSPS) is 23.5. The van der Waals surface area contributed by atoms with Gasteiger partial charge in [0.2, 0.25) is 0 Å². The lowest BCUT2D eigenvalue weighted by Gasteiger charge is -2.41. The molecule has 2 aliphatic rings. The highest BCUT2D eigenvalue weighted by molar-refractivity contribution is 5.73. The van der Waals surface area contributed by atoms with E-state index in [9.17, 15) is 4.79 Å². The van der Waals surface area contributed by atoms with Crippen LogP contribution >= 0.6 is 0 Å². The molecule has 1 N–H and O–H groups in total. The van der Waals surface area contributed by atoms with Gasteiger partial charge in [-0.15, -0.1) is 0 Å². The largest absolute Gasteiger partial charge is 0.453 e. The Hall–Kier alpha value is -2.35. The molecule has 1 aliphatic heterocycles. The Balaban J connectivity index is 1.34. The molecular weight excluding hydrogens is 368 g/mol. The summed E-state index contributed by atoms with van der Waals surface area (Å²) in [6.45, 7) is 7.80. The van der Waals surface area contributed by atoms with Crippen LogP contribution in [0.25, 0.3) is 5.52 Å².